The molecular formula is C43H41N5O5S3. The van der Waals surface area contributed by atoms with Gasteiger partial charge in [0.25, 0.3) is 5.91 Å². The summed E-state index contributed by atoms with van der Waals surface area (Å²) in [5.74, 6) is -1.41. The van der Waals surface area contributed by atoms with Gasteiger partial charge in [0.05, 0.1) is 45.3 Å². The SMILES string of the molecule is CC(C)CN(C(CO)c1ccc(CNC(=O)[C@H](NC(=O)c2ccccc2)C(c2ccccc2)c2cccc3ncccc23)s1)S(=O)(=O)c1ccc2ncsc2c1. The van der Waals surface area contributed by atoms with Crippen LogP contribution in [0.15, 0.2) is 138 Å². The minimum Gasteiger partial charge on any atom is -0.394 e. The summed E-state index contributed by atoms with van der Waals surface area (Å²) in [5, 5.41) is 17.7. The van der Waals surface area contributed by atoms with E-state index in [9.17, 15) is 23.1 Å². The van der Waals surface area contributed by atoms with Crippen molar-refractivity contribution >= 4 is 65.6 Å². The summed E-state index contributed by atoms with van der Waals surface area (Å²) in [5.41, 5.74) is 5.25. The number of nitrogens with one attached hydrogen (secondary N) is 2. The molecule has 0 spiro atoms. The van der Waals surface area contributed by atoms with Gasteiger partial charge in [-0.3, -0.25) is 14.6 Å². The molecule has 0 aliphatic rings. The Kier molecular flexibility index (Phi) is 12.0. The number of nitrogens with zero attached hydrogens (tertiary/aromatic N) is 3. The third-order valence-electron chi connectivity index (χ3n) is 9.53. The van der Waals surface area contributed by atoms with Crippen molar-refractivity contribution in [2.24, 2.45) is 5.92 Å². The number of aromatic nitrogens is 2. The Balaban J connectivity index is 1.19. The monoisotopic (exact) mass is 803 g/mol. The number of rotatable bonds is 15. The molecule has 0 fully saturated rings. The summed E-state index contributed by atoms with van der Waals surface area (Å²) >= 11 is 2.69. The number of benzene rings is 4. The molecule has 0 aliphatic heterocycles. The second-order valence-electron chi connectivity index (χ2n) is 13.8. The molecule has 0 bridgehead atoms. The van der Waals surface area contributed by atoms with Gasteiger partial charge in [-0.2, -0.15) is 4.31 Å². The molecule has 286 valence electrons. The first-order valence-corrected chi connectivity index (χ1v) is 21.3. The van der Waals surface area contributed by atoms with Crippen molar-refractivity contribution in [3.05, 3.63) is 159 Å². The fourth-order valence-electron chi connectivity index (χ4n) is 6.88. The number of fused-ring (bicyclic) bond motifs is 2. The zero-order valence-electron chi connectivity index (χ0n) is 30.8. The van der Waals surface area contributed by atoms with Crippen molar-refractivity contribution < 1.29 is 23.1 Å². The number of carbonyl (C=O) groups is 2. The van der Waals surface area contributed by atoms with E-state index in [-0.39, 0.29) is 23.9 Å². The molecule has 2 amide bonds. The largest absolute Gasteiger partial charge is 0.394 e. The predicted molar refractivity (Wildman–Crippen MR) is 222 cm³/mol. The van der Waals surface area contributed by atoms with Crippen molar-refractivity contribution in [3.63, 3.8) is 0 Å². The Morgan fingerprint density at radius 2 is 1.61 bits per heavy atom. The van der Waals surface area contributed by atoms with Crippen molar-refractivity contribution in [1.29, 1.82) is 0 Å². The van der Waals surface area contributed by atoms with Gasteiger partial charge in [0, 0.05) is 39.4 Å². The van der Waals surface area contributed by atoms with Crippen LogP contribution in [-0.2, 0) is 21.4 Å². The quantitative estimate of drug-likeness (QED) is 0.0974. The molecule has 4 aromatic carbocycles. The first-order chi connectivity index (χ1) is 27.1. The van der Waals surface area contributed by atoms with Gasteiger partial charge in [0.2, 0.25) is 15.9 Å². The zero-order chi connectivity index (χ0) is 39.2. The fourth-order valence-corrected chi connectivity index (χ4v) is 10.6. The highest BCUT2D eigenvalue weighted by molar-refractivity contribution is 7.89. The number of thiophene rings is 1. The Labute approximate surface area is 333 Å². The second kappa shape index (κ2) is 17.2. The van der Waals surface area contributed by atoms with Gasteiger partial charge in [0.15, 0.2) is 0 Å². The number of amides is 2. The predicted octanol–water partition coefficient (Wildman–Crippen LogP) is 7.53. The lowest BCUT2D eigenvalue weighted by molar-refractivity contribution is -0.123. The van der Waals surface area contributed by atoms with Gasteiger partial charge < -0.3 is 15.7 Å². The van der Waals surface area contributed by atoms with E-state index in [1.807, 2.05) is 86.6 Å². The van der Waals surface area contributed by atoms with Gasteiger partial charge in [-0.1, -0.05) is 80.6 Å². The van der Waals surface area contributed by atoms with Crippen LogP contribution in [0, 0.1) is 5.92 Å². The number of thiazole rings is 1. The van der Waals surface area contributed by atoms with E-state index < -0.39 is 46.4 Å². The Morgan fingerprint density at radius 3 is 2.36 bits per heavy atom. The molecule has 0 radical (unpaired) electrons. The zero-order valence-corrected chi connectivity index (χ0v) is 33.2. The maximum atomic E-state index is 14.5. The molecule has 0 aliphatic carbocycles. The van der Waals surface area contributed by atoms with Crippen molar-refractivity contribution in [2.75, 3.05) is 13.2 Å². The van der Waals surface area contributed by atoms with Crippen LogP contribution < -0.4 is 10.6 Å². The van der Waals surface area contributed by atoms with Gasteiger partial charge >= 0.3 is 0 Å². The number of aliphatic hydroxyl groups excluding tert-OH is 1. The summed E-state index contributed by atoms with van der Waals surface area (Å²) in [6, 6.07) is 34.6. The molecule has 13 heteroatoms. The molecule has 10 nitrogen and oxygen atoms in total. The van der Waals surface area contributed by atoms with E-state index in [1.54, 1.807) is 60.2 Å². The fraction of sp³-hybridized carbons (Fsp3) is 0.209. The Bertz CT molecular complexity index is 2550. The molecule has 3 aromatic heterocycles. The summed E-state index contributed by atoms with van der Waals surface area (Å²) in [6.07, 6.45) is 1.72. The highest BCUT2D eigenvalue weighted by Gasteiger charge is 2.36. The van der Waals surface area contributed by atoms with E-state index in [1.165, 1.54) is 27.0 Å². The number of hydrogen-bond acceptors (Lipinski definition) is 9. The lowest BCUT2D eigenvalue weighted by Crippen LogP contribution is -2.50. The van der Waals surface area contributed by atoms with E-state index in [4.69, 9.17) is 0 Å². The molecule has 56 heavy (non-hydrogen) atoms. The molecular weight excluding hydrogens is 763 g/mol. The molecule has 3 atom stereocenters. The lowest BCUT2D eigenvalue weighted by Gasteiger charge is -2.30. The Hall–Kier alpha value is -5.31. The number of carbonyl (C=O) groups excluding carboxylic acids is 2. The van der Waals surface area contributed by atoms with Crippen LogP contribution >= 0.6 is 22.7 Å². The highest BCUT2D eigenvalue weighted by atomic mass is 32.2. The van der Waals surface area contributed by atoms with E-state index in [0.29, 0.717) is 10.4 Å². The van der Waals surface area contributed by atoms with Gasteiger partial charge in [-0.15, -0.1) is 22.7 Å². The van der Waals surface area contributed by atoms with Crippen LogP contribution in [-0.4, -0.2) is 58.8 Å². The Morgan fingerprint density at radius 1 is 0.839 bits per heavy atom. The normalized spacial score (nSPS) is 13.5. The summed E-state index contributed by atoms with van der Waals surface area (Å²) in [6.45, 7) is 3.72. The topological polar surface area (TPSA) is 142 Å². The smallest absolute Gasteiger partial charge is 0.251 e. The van der Waals surface area contributed by atoms with Crippen molar-refractivity contribution in [3.8, 4) is 0 Å². The first kappa shape index (κ1) is 38.9. The van der Waals surface area contributed by atoms with Gasteiger partial charge in [0.1, 0.15) is 6.04 Å². The van der Waals surface area contributed by atoms with Crippen LogP contribution in [0.5, 0.6) is 0 Å². The molecule has 3 N–H and O–H groups in total. The average Bonchev–Trinajstić information content (AvgIpc) is 3.90. The van der Waals surface area contributed by atoms with E-state index in [2.05, 4.69) is 20.6 Å². The van der Waals surface area contributed by atoms with Gasteiger partial charge in [-0.05, 0) is 71.6 Å². The third kappa shape index (κ3) is 8.42. The highest BCUT2D eigenvalue weighted by Crippen LogP contribution is 2.36. The van der Waals surface area contributed by atoms with Crippen LogP contribution in [0.3, 0.4) is 0 Å². The van der Waals surface area contributed by atoms with Crippen LogP contribution in [0.25, 0.3) is 21.1 Å². The van der Waals surface area contributed by atoms with E-state index in [0.717, 1.165) is 37.1 Å². The van der Waals surface area contributed by atoms with Crippen LogP contribution in [0.2, 0.25) is 0 Å². The van der Waals surface area contributed by atoms with Crippen molar-refractivity contribution in [2.45, 2.75) is 43.3 Å². The number of hydrogen-bond donors (Lipinski definition) is 3. The average molecular weight is 804 g/mol. The molecule has 2 unspecified atom stereocenters. The molecule has 0 saturated carbocycles. The number of pyridine rings is 1. The maximum Gasteiger partial charge on any atom is 0.251 e. The van der Waals surface area contributed by atoms with Gasteiger partial charge in [-0.25, -0.2) is 13.4 Å². The molecule has 0 saturated heterocycles. The first-order valence-electron chi connectivity index (χ1n) is 18.2. The summed E-state index contributed by atoms with van der Waals surface area (Å²) in [4.78, 5) is 38.6. The molecule has 7 aromatic rings. The van der Waals surface area contributed by atoms with Crippen LogP contribution in [0.1, 0.15) is 57.0 Å². The maximum absolute atomic E-state index is 14.5. The van der Waals surface area contributed by atoms with Crippen molar-refractivity contribution in [1.82, 2.24) is 24.9 Å². The number of sulfonamides is 1. The number of aliphatic hydroxyl groups is 1. The molecule has 3 heterocycles. The second-order valence-corrected chi connectivity index (χ2v) is 17.8. The van der Waals surface area contributed by atoms with Crippen LogP contribution in [0.4, 0.5) is 0 Å². The molecule has 7 rings (SSSR count). The van der Waals surface area contributed by atoms with E-state index >= 15 is 0 Å². The third-order valence-corrected chi connectivity index (χ3v) is 13.4. The minimum atomic E-state index is -4.02. The standard InChI is InChI=1S/C43H41N5O5S3/c1-28(2)25-48(56(52,53)32-19-20-36-39(23-32)54-27-46-36)37(26-49)38-21-18-31(55-38)24-45-43(51)41(47-42(50)30-13-7-4-8-14-30)40(29-11-5-3-6-12-29)34-15-9-17-35-33(34)16-10-22-44-35/h3-23,27-28,37,40-41,49H,24-26H2,1-2H3,(H,45,51)(H,47,50)/t37?,40?,41-/m1/s1. The lowest BCUT2D eigenvalue weighted by atomic mass is 9.82. The summed E-state index contributed by atoms with van der Waals surface area (Å²) < 4.78 is 30.5. The summed E-state index contributed by atoms with van der Waals surface area (Å²) in [7, 11) is -4.02. The minimum absolute atomic E-state index is 0.0252.